The number of sulfonamides is 1. The molecule has 0 aliphatic rings. The summed E-state index contributed by atoms with van der Waals surface area (Å²) in [6.45, 7) is 3.93. The number of carbonyl (C=O) groups is 2. The van der Waals surface area contributed by atoms with Gasteiger partial charge in [-0.3, -0.25) is 13.9 Å². The van der Waals surface area contributed by atoms with E-state index in [1.807, 2.05) is 68.4 Å². The fraction of sp³-hybridized carbons (Fsp3) is 0.310. The molecule has 1 atom stereocenters. The van der Waals surface area contributed by atoms with Crippen LogP contribution in [0.15, 0.2) is 77.3 Å². The first-order chi connectivity index (χ1) is 18.8. The standard InChI is InChI=1S/C29H32BrCl2N3O4S/c1-20(2)17-33-29(37)27(15-21-7-5-4-6-8-21)34(18-22-9-11-23(30)12-10-22)28(36)19-35(40(3,38)39)26-14-13-24(31)16-25(26)32/h4-14,16,20,27H,15,17-19H2,1-3H3,(H,33,37)/t27-/m0/s1. The summed E-state index contributed by atoms with van der Waals surface area (Å²) in [6.07, 6.45) is 1.24. The summed E-state index contributed by atoms with van der Waals surface area (Å²) in [7, 11) is -3.94. The van der Waals surface area contributed by atoms with Crippen LogP contribution in [0, 0.1) is 5.92 Å². The number of amides is 2. The van der Waals surface area contributed by atoms with Crippen molar-refractivity contribution in [2.24, 2.45) is 5.92 Å². The van der Waals surface area contributed by atoms with Gasteiger partial charge in [0.25, 0.3) is 0 Å². The highest BCUT2D eigenvalue weighted by atomic mass is 79.9. The quantitative estimate of drug-likeness (QED) is 0.259. The van der Waals surface area contributed by atoms with Crippen LogP contribution in [0.2, 0.25) is 10.0 Å². The van der Waals surface area contributed by atoms with Crippen molar-refractivity contribution in [3.05, 3.63) is 98.4 Å². The molecule has 3 aromatic carbocycles. The van der Waals surface area contributed by atoms with E-state index in [0.717, 1.165) is 26.2 Å². The zero-order chi connectivity index (χ0) is 29.4. The molecule has 0 aliphatic carbocycles. The molecule has 2 amide bonds. The van der Waals surface area contributed by atoms with Gasteiger partial charge in [-0.05, 0) is 47.4 Å². The molecule has 0 aromatic heterocycles. The Bertz CT molecular complexity index is 1420. The van der Waals surface area contributed by atoms with Crippen molar-refractivity contribution >= 4 is 66.7 Å². The van der Waals surface area contributed by atoms with Crippen LogP contribution in [-0.4, -0.2) is 50.5 Å². The molecule has 0 unspecified atom stereocenters. The van der Waals surface area contributed by atoms with Crippen molar-refractivity contribution < 1.29 is 18.0 Å². The molecular weight excluding hydrogens is 637 g/mol. The Morgan fingerprint density at radius 1 is 0.950 bits per heavy atom. The minimum Gasteiger partial charge on any atom is -0.354 e. The number of hydrogen-bond acceptors (Lipinski definition) is 4. The van der Waals surface area contributed by atoms with E-state index < -0.39 is 28.5 Å². The fourth-order valence-corrected chi connectivity index (χ4v) is 5.73. The maximum Gasteiger partial charge on any atom is 0.244 e. The van der Waals surface area contributed by atoms with Crippen LogP contribution in [0.4, 0.5) is 5.69 Å². The van der Waals surface area contributed by atoms with Gasteiger partial charge in [0.05, 0.1) is 17.0 Å². The number of carbonyl (C=O) groups excluding carboxylic acids is 2. The first-order valence-corrected chi connectivity index (χ1v) is 16.0. The molecular formula is C29H32BrCl2N3O4S. The smallest absolute Gasteiger partial charge is 0.244 e. The first kappa shape index (κ1) is 31.9. The van der Waals surface area contributed by atoms with Crippen LogP contribution < -0.4 is 9.62 Å². The summed E-state index contributed by atoms with van der Waals surface area (Å²) in [6, 6.07) is 20.2. The lowest BCUT2D eigenvalue weighted by molar-refractivity contribution is -0.140. The summed E-state index contributed by atoms with van der Waals surface area (Å²) in [5.74, 6) is -0.678. The Labute approximate surface area is 254 Å². The summed E-state index contributed by atoms with van der Waals surface area (Å²) < 4.78 is 27.6. The highest BCUT2D eigenvalue weighted by molar-refractivity contribution is 9.10. The number of nitrogens with zero attached hydrogens (tertiary/aromatic N) is 2. The van der Waals surface area contributed by atoms with Gasteiger partial charge < -0.3 is 10.2 Å². The van der Waals surface area contributed by atoms with Gasteiger partial charge in [-0.25, -0.2) is 8.42 Å². The highest BCUT2D eigenvalue weighted by Crippen LogP contribution is 2.30. The molecule has 7 nitrogen and oxygen atoms in total. The third-order valence-electron chi connectivity index (χ3n) is 6.08. The van der Waals surface area contributed by atoms with E-state index in [1.165, 1.54) is 23.1 Å². The maximum atomic E-state index is 14.1. The molecule has 1 N–H and O–H groups in total. The minimum atomic E-state index is -3.94. The minimum absolute atomic E-state index is 0.0840. The van der Waals surface area contributed by atoms with E-state index in [1.54, 1.807) is 0 Å². The zero-order valence-corrected chi connectivity index (χ0v) is 26.4. The summed E-state index contributed by atoms with van der Waals surface area (Å²) in [5.41, 5.74) is 1.76. The molecule has 0 spiro atoms. The SMILES string of the molecule is CC(C)CNC(=O)[C@H](Cc1ccccc1)N(Cc1ccc(Br)cc1)C(=O)CN(c1ccc(Cl)cc1Cl)S(C)(=O)=O. The van der Waals surface area contributed by atoms with Gasteiger partial charge in [0.2, 0.25) is 21.8 Å². The first-order valence-electron chi connectivity index (χ1n) is 12.6. The second kappa shape index (κ2) is 14.3. The Morgan fingerprint density at radius 3 is 2.17 bits per heavy atom. The van der Waals surface area contributed by atoms with Crippen LogP contribution in [0.25, 0.3) is 0 Å². The molecule has 0 radical (unpaired) electrons. The van der Waals surface area contributed by atoms with Crippen molar-refractivity contribution in [1.82, 2.24) is 10.2 Å². The average Bonchev–Trinajstić information content (AvgIpc) is 2.89. The molecule has 0 aliphatic heterocycles. The van der Waals surface area contributed by atoms with Gasteiger partial charge >= 0.3 is 0 Å². The van der Waals surface area contributed by atoms with Crippen LogP contribution in [0.5, 0.6) is 0 Å². The maximum absolute atomic E-state index is 14.1. The number of nitrogens with one attached hydrogen (secondary N) is 1. The molecule has 0 fully saturated rings. The van der Waals surface area contributed by atoms with Crippen molar-refractivity contribution in [2.45, 2.75) is 32.9 Å². The molecule has 0 heterocycles. The molecule has 3 aromatic rings. The van der Waals surface area contributed by atoms with E-state index in [-0.39, 0.29) is 35.5 Å². The molecule has 214 valence electrons. The Balaban J connectivity index is 2.06. The lowest BCUT2D eigenvalue weighted by Gasteiger charge is -2.34. The molecule has 0 saturated carbocycles. The normalized spacial score (nSPS) is 12.2. The van der Waals surface area contributed by atoms with Gasteiger partial charge in [0.15, 0.2) is 0 Å². The number of benzene rings is 3. The topological polar surface area (TPSA) is 86.8 Å². The van der Waals surface area contributed by atoms with E-state index in [0.29, 0.717) is 11.6 Å². The number of hydrogen-bond donors (Lipinski definition) is 1. The number of anilines is 1. The number of halogens is 3. The Hall–Kier alpha value is -2.59. The zero-order valence-electron chi connectivity index (χ0n) is 22.5. The Morgan fingerprint density at radius 2 is 1.60 bits per heavy atom. The van der Waals surface area contributed by atoms with Crippen molar-refractivity contribution in [2.75, 3.05) is 23.7 Å². The van der Waals surface area contributed by atoms with Gasteiger partial charge in [-0.2, -0.15) is 0 Å². The summed E-state index contributed by atoms with van der Waals surface area (Å²) in [5, 5.41) is 3.37. The molecule has 40 heavy (non-hydrogen) atoms. The summed E-state index contributed by atoms with van der Waals surface area (Å²) in [4.78, 5) is 29.1. The lowest BCUT2D eigenvalue weighted by Crippen LogP contribution is -2.53. The second-order valence-electron chi connectivity index (χ2n) is 9.86. The van der Waals surface area contributed by atoms with Crippen molar-refractivity contribution in [3.63, 3.8) is 0 Å². The molecule has 3 rings (SSSR count). The van der Waals surface area contributed by atoms with Gasteiger partial charge in [-0.15, -0.1) is 0 Å². The van der Waals surface area contributed by atoms with E-state index in [9.17, 15) is 18.0 Å². The molecule has 0 saturated heterocycles. The van der Waals surface area contributed by atoms with Gasteiger partial charge in [-0.1, -0.05) is 95.4 Å². The predicted molar refractivity (Wildman–Crippen MR) is 165 cm³/mol. The van der Waals surface area contributed by atoms with Crippen molar-refractivity contribution in [3.8, 4) is 0 Å². The fourth-order valence-electron chi connectivity index (χ4n) is 4.04. The van der Waals surface area contributed by atoms with Crippen molar-refractivity contribution in [1.29, 1.82) is 0 Å². The largest absolute Gasteiger partial charge is 0.354 e. The lowest BCUT2D eigenvalue weighted by atomic mass is 10.0. The summed E-state index contributed by atoms with van der Waals surface area (Å²) >= 11 is 15.8. The van der Waals surface area contributed by atoms with Gasteiger partial charge in [0.1, 0.15) is 12.6 Å². The Kier molecular flexibility index (Phi) is 11.5. The monoisotopic (exact) mass is 667 g/mol. The van der Waals surface area contributed by atoms with Crippen LogP contribution >= 0.6 is 39.1 Å². The number of rotatable bonds is 12. The second-order valence-corrected chi connectivity index (χ2v) is 13.5. The average molecular weight is 669 g/mol. The van der Waals surface area contributed by atoms with Crippen LogP contribution in [-0.2, 0) is 32.6 Å². The van der Waals surface area contributed by atoms with E-state index >= 15 is 0 Å². The molecule has 0 bridgehead atoms. The molecule has 11 heteroatoms. The highest BCUT2D eigenvalue weighted by Gasteiger charge is 2.33. The van der Waals surface area contributed by atoms with Crippen LogP contribution in [0.3, 0.4) is 0 Å². The van der Waals surface area contributed by atoms with E-state index in [4.69, 9.17) is 23.2 Å². The van der Waals surface area contributed by atoms with E-state index in [2.05, 4.69) is 21.2 Å². The third-order valence-corrected chi connectivity index (χ3v) is 8.27. The van der Waals surface area contributed by atoms with Gasteiger partial charge in [0, 0.05) is 29.0 Å². The predicted octanol–water partition coefficient (Wildman–Crippen LogP) is 5.93. The third kappa shape index (κ3) is 9.23. The van der Waals surface area contributed by atoms with Crippen LogP contribution in [0.1, 0.15) is 25.0 Å².